The topological polar surface area (TPSA) is 24.9 Å². The quantitative estimate of drug-likeness (QED) is 0.818. The van der Waals surface area contributed by atoms with E-state index in [4.69, 9.17) is 0 Å². The van der Waals surface area contributed by atoms with Crippen LogP contribution in [-0.4, -0.2) is 29.6 Å². The summed E-state index contributed by atoms with van der Waals surface area (Å²) in [6.07, 6.45) is 9.07. The van der Waals surface area contributed by atoms with Gasteiger partial charge in [0.25, 0.3) is 0 Å². The van der Waals surface area contributed by atoms with Crippen molar-refractivity contribution < 1.29 is 0 Å². The second-order valence-electron chi connectivity index (χ2n) is 5.04. The average Bonchev–Trinajstić information content (AvgIpc) is 2.83. The number of nitrogens with one attached hydrogen (secondary N) is 1. The van der Waals surface area contributed by atoms with Gasteiger partial charge in [-0.1, -0.05) is 13.0 Å². The van der Waals surface area contributed by atoms with Crippen LogP contribution in [0.2, 0.25) is 0 Å². The molecule has 0 saturated carbocycles. The van der Waals surface area contributed by atoms with Gasteiger partial charge in [-0.05, 0) is 55.9 Å². The third-order valence-electron chi connectivity index (χ3n) is 3.78. The van der Waals surface area contributed by atoms with Crippen molar-refractivity contribution in [1.29, 1.82) is 0 Å². The van der Waals surface area contributed by atoms with Crippen LogP contribution in [-0.2, 0) is 6.42 Å². The van der Waals surface area contributed by atoms with E-state index in [0.717, 1.165) is 6.54 Å². The summed E-state index contributed by atoms with van der Waals surface area (Å²) >= 11 is 1.94. The Labute approximate surface area is 115 Å². The fourth-order valence-electron chi connectivity index (χ4n) is 2.86. The zero-order chi connectivity index (χ0) is 12.8. The molecule has 2 nitrogen and oxygen atoms in total. The summed E-state index contributed by atoms with van der Waals surface area (Å²) in [5.74, 6) is 1.86. The van der Waals surface area contributed by atoms with Gasteiger partial charge in [-0.2, -0.15) is 11.8 Å². The minimum atomic E-state index is 0.605. The van der Waals surface area contributed by atoms with E-state index in [2.05, 4.69) is 35.6 Å². The molecule has 0 amide bonds. The lowest BCUT2D eigenvalue weighted by Gasteiger charge is -2.25. The molecule has 1 heterocycles. The van der Waals surface area contributed by atoms with Gasteiger partial charge < -0.3 is 5.32 Å². The van der Waals surface area contributed by atoms with Gasteiger partial charge in [0, 0.05) is 23.9 Å². The lowest BCUT2D eigenvalue weighted by Crippen LogP contribution is -2.35. The Hall–Kier alpha value is -0.540. The third-order valence-corrected chi connectivity index (χ3v) is 4.42. The van der Waals surface area contributed by atoms with Crippen LogP contribution in [0.15, 0.2) is 18.3 Å². The van der Waals surface area contributed by atoms with Crippen LogP contribution in [0.1, 0.15) is 43.4 Å². The van der Waals surface area contributed by atoms with Gasteiger partial charge in [0.05, 0.1) is 0 Å². The Kier molecular flexibility index (Phi) is 5.51. The summed E-state index contributed by atoms with van der Waals surface area (Å²) in [7, 11) is 0. The van der Waals surface area contributed by atoms with E-state index in [0.29, 0.717) is 12.0 Å². The van der Waals surface area contributed by atoms with Crippen LogP contribution < -0.4 is 5.32 Å². The molecule has 0 aromatic carbocycles. The average molecular weight is 264 g/mol. The van der Waals surface area contributed by atoms with Gasteiger partial charge in [0.1, 0.15) is 0 Å². The van der Waals surface area contributed by atoms with Crippen molar-refractivity contribution in [2.24, 2.45) is 0 Å². The SMILES string of the molecule is CCCNC(CCSC)C1CCc2cccnc21. The number of rotatable bonds is 7. The molecule has 2 unspecified atom stereocenters. The van der Waals surface area contributed by atoms with Crippen LogP contribution in [0, 0.1) is 0 Å². The van der Waals surface area contributed by atoms with Crippen molar-refractivity contribution in [3.63, 3.8) is 0 Å². The van der Waals surface area contributed by atoms with E-state index in [1.165, 1.54) is 42.7 Å². The number of aryl methyl sites for hydroxylation is 1. The molecule has 0 spiro atoms. The van der Waals surface area contributed by atoms with Crippen molar-refractivity contribution >= 4 is 11.8 Å². The van der Waals surface area contributed by atoms with Crippen LogP contribution in [0.3, 0.4) is 0 Å². The van der Waals surface area contributed by atoms with Gasteiger partial charge in [0.2, 0.25) is 0 Å². The first kappa shape index (κ1) is 13.9. The van der Waals surface area contributed by atoms with Gasteiger partial charge >= 0.3 is 0 Å². The predicted molar refractivity (Wildman–Crippen MR) is 80.4 cm³/mol. The fraction of sp³-hybridized carbons (Fsp3) is 0.667. The zero-order valence-corrected chi connectivity index (χ0v) is 12.3. The number of hydrogen-bond acceptors (Lipinski definition) is 3. The fourth-order valence-corrected chi connectivity index (χ4v) is 3.35. The normalized spacial score (nSPS) is 19.8. The highest BCUT2D eigenvalue weighted by Gasteiger charge is 2.30. The lowest BCUT2D eigenvalue weighted by molar-refractivity contribution is 0.415. The second-order valence-corrected chi connectivity index (χ2v) is 6.02. The monoisotopic (exact) mass is 264 g/mol. The van der Waals surface area contributed by atoms with Gasteiger partial charge in [0.15, 0.2) is 0 Å². The second kappa shape index (κ2) is 7.15. The minimum Gasteiger partial charge on any atom is -0.313 e. The van der Waals surface area contributed by atoms with E-state index in [1.54, 1.807) is 0 Å². The maximum absolute atomic E-state index is 4.63. The molecule has 0 saturated heterocycles. The molecule has 2 rings (SSSR count). The van der Waals surface area contributed by atoms with Crippen LogP contribution >= 0.6 is 11.8 Å². The van der Waals surface area contributed by atoms with Gasteiger partial charge in [-0.15, -0.1) is 0 Å². The van der Waals surface area contributed by atoms with Crippen LogP contribution in [0.25, 0.3) is 0 Å². The van der Waals surface area contributed by atoms with Gasteiger partial charge in [-0.25, -0.2) is 0 Å². The molecule has 2 atom stereocenters. The summed E-state index contributed by atoms with van der Waals surface area (Å²) in [5.41, 5.74) is 2.82. The van der Waals surface area contributed by atoms with Crippen molar-refractivity contribution in [1.82, 2.24) is 10.3 Å². The van der Waals surface area contributed by atoms with Crippen LogP contribution in [0.5, 0.6) is 0 Å². The van der Waals surface area contributed by atoms with Crippen molar-refractivity contribution in [3.8, 4) is 0 Å². The van der Waals surface area contributed by atoms with E-state index in [-0.39, 0.29) is 0 Å². The summed E-state index contributed by atoms with van der Waals surface area (Å²) in [5, 5.41) is 3.73. The summed E-state index contributed by atoms with van der Waals surface area (Å²) < 4.78 is 0. The first-order chi connectivity index (χ1) is 8.86. The Morgan fingerprint density at radius 2 is 2.44 bits per heavy atom. The van der Waals surface area contributed by atoms with E-state index >= 15 is 0 Å². The standard InChI is InChI=1S/C15H24N2S/c1-3-9-16-14(8-11-18-2)13-7-6-12-5-4-10-17-15(12)13/h4-5,10,13-14,16H,3,6-9,11H2,1-2H3. The molecule has 1 N–H and O–H groups in total. The highest BCUT2D eigenvalue weighted by Crippen LogP contribution is 2.35. The molecule has 100 valence electrons. The molecule has 18 heavy (non-hydrogen) atoms. The number of aromatic nitrogens is 1. The third kappa shape index (κ3) is 3.27. The smallest absolute Gasteiger partial charge is 0.0482 e. The van der Waals surface area contributed by atoms with Crippen molar-refractivity contribution in [2.45, 2.75) is 44.6 Å². The first-order valence-corrected chi connectivity index (χ1v) is 8.42. The first-order valence-electron chi connectivity index (χ1n) is 7.03. The number of hydrogen-bond donors (Lipinski definition) is 1. The summed E-state index contributed by atoms with van der Waals surface area (Å²) in [6, 6.07) is 4.92. The molecule has 1 aliphatic carbocycles. The number of pyridine rings is 1. The Morgan fingerprint density at radius 1 is 1.56 bits per heavy atom. The highest BCUT2D eigenvalue weighted by atomic mass is 32.2. The molecule has 1 aliphatic rings. The number of nitrogens with zero attached hydrogens (tertiary/aromatic N) is 1. The molecular weight excluding hydrogens is 240 g/mol. The molecule has 0 aliphatic heterocycles. The summed E-state index contributed by atoms with van der Waals surface area (Å²) in [6.45, 7) is 3.36. The predicted octanol–water partition coefficient (Wildman–Crippen LogP) is 3.23. The Bertz CT molecular complexity index is 359. The van der Waals surface area contributed by atoms with E-state index in [1.807, 2.05) is 18.0 Å². The van der Waals surface area contributed by atoms with E-state index < -0.39 is 0 Å². The van der Waals surface area contributed by atoms with Gasteiger partial charge in [-0.3, -0.25) is 4.98 Å². The Morgan fingerprint density at radius 3 is 3.22 bits per heavy atom. The number of fused-ring (bicyclic) bond motifs is 1. The molecule has 1 aromatic rings. The van der Waals surface area contributed by atoms with Crippen LogP contribution in [0.4, 0.5) is 0 Å². The lowest BCUT2D eigenvalue weighted by atomic mass is 9.94. The molecule has 0 fully saturated rings. The molecule has 1 aromatic heterocycles. The molecule has 0 radical (unpaired) electrons. The van der Waals surface area contributed by atoms with Crippen molar-refractivity contribution in [3.05, 3.63) is 29.6 Å². The van der Waals surface area contributed by atoms with E-state index in [9.17, 15) is 0 Å². The maximum Gasteiger partial charge on any atom is 0.0482 e. The minimum absolute atomic E-state index is 0.605. The maximum atomic E-state index is 4.63. The molecular formula is C15H24N2S. The zero-order valence-electron chi connectivity index (χ0n) is 11.5. The highest BCUT2D eigenvalue weighted by molar-refractivity contribution is 7.98. The van der Waals surface area contributed by atoms with Crippen molar-refractivity contribution in [2.75, 3.05) is 18.6 Å². The summed E-state index contributed by atoms with van der Waals surface area (Å²) in [4.78, 5) is 4.63. The molecule has 3 heteroatoms. The number of thioether (sulfide) groups is 1. The molecule has 0 bridgehead atoms. The Balaban J connectivity index is 2.06. The largest absolute Gasteiger partial charge is 0.313 e.